The van der Waals surface area contributed by atoms with E-state index >= 15 is 0 Å². The average Bonchev–Trinajstić information content (AvgIpc) is 3.33. The Kier molecular flexibility index (Phi) is 6.44. The van der Waals surface area contributed by atoms with Gasteiger partial charge in [0.15, 0.2) is 5.82 Å². The lowest BCUT2D eigenvalue weighted by atomic mass is 9.77. The minimum Gasteiger partial charge on any atom is -0.347 e. The van der Waals surface area contributed by atoms with Gasteiger partial charge in [-0.3, -0.25) is 4.79 Å². The van der Waals surface area contributed by atoms with Crippen LogP contribution in [0.4, 0.5) is 4.39 Å². The van der Waals surface area contributed by atoms with Crippen LogP contribution in [-0.4, -0.2) is 26.1 Å². The van der Waals surface area contributed by atoms with Crippen molar-refractivity contribution < 1.29 is 9.18 Å². The van der Waals surface area contributed by atoms with Crippen LogP contribution in [0.3, 0.4) is 0 Å². The zero-order chi connectivity index (χ0) is 22.3. The number of hydrogen-bond acceptors (Lipinski definition) is 4. The molecule has 0 spiro atoms. The Bertz CT molecular complexity index is 934. The highest BCUT2D eigenvalue weighted by Crippen LogP contribution is 2.50. The molecule has 1 saturated carbocycles. The number of hydrogen-bond donors (Lipinski definition) is 1. The number of rotatable bonds is 5. The highest BCUT2D eigenvalue weighted by atomic mass is 35.5. The maximum atomic E-state index is 14.9. The van der Waals surface area contributed by atoms with Gasteiger partial charge in [-0.05, 0) is 47.7 Å². The van der Waals surface area contributed by atoms with E-state index in [0.29, 0.717) is 5.82 Å². The van der Waals surface area contributed by atoms with E-state index < -0.39 is 17.9 Å². The number of tetrazole rings is 1. The summed E-state index contributed by atoms with van der Waals surface area (Å²) in [6, 6.07) is 1.43. The van der Waals surface area contributed by atoms with Gasteiger partial charge in [0, 0.05) is 11.0 Å². The number of nitrogens with zero attached hydrogens (tertiary/aromatic N) is 4. The number of carbonyl (C=O) groups excluding carboxylic acids is 1. The second-order valence-corrected chi connectivity index (χ2v) is 10.2. The van der Waals surface area contributed by atoms with Gasteiger partial charge in [-0.2, -0.15) is 0 Å². The quantitative estimate of drug-likeness (QED) is 0.611. The Morgan fingerprint density at radius 2 is 1.90 bits per heavy atom. The molecule has 1 heterocycles. The predicted octanol–water partition coefficient (Wildman–Crippen LogP) is 5.42. The molecular formula is C21H28Cl2FN5O. The maximum absolute atomic E-state index is 14.9. The fourth-order valence-electron chi connectivity index (χ4n) is 4.20. The summed E-state index contributed by atoms with van der Waals surface area (Å²) in [7, 11) is 0. The third kappa shape index (κ3) is 4.33. The summed E-state index contributed by atoms with van der Waals surface area (Å²) in [6.45, 7) is 9.71. The van der Waals surface area contributed by atoms with Crippen LogP contribution in [-0.2, 0) is 10.2 Å². The van der Waals surface area contributed by atoms with E-state index in [1.807, 2.05) is 20.8 Å². The highest BCUT2D eigenvalue weighted by Gasteiger charge is 2.42. The molecule has 2 aromatic rings. The summed E-state index contributed by atoms with van der Waals surface area (Å²) in [5.74, 6) is -0.185. The van der Waals surface area contributed by atoms with E-state index in [-0.39, 0.29) is 32.3 Å². The summed E-state index contributed by atoms with van der Waals surface area (Å²) in [5, 5.41) is 15.3. The van der Waals surface area contributed by atoms with Crippen molar-refractivity contribution in [1.29, 1.82) is 0 Å². The zero-order valence-corrected chi connectivity index (χ0v) is 19.5. The second kappa shape index (κ2) is 8.42. The smallest absolute Gasteiger partial charge is 0.245 e. The van der Waals surface area contributed by atoms with Gasteiger partial charge in [-0.1, -0.05) is 63.7 Å². The average molecular weight is 456 g/mol. The van der Waals surface area contributed by atoms with Crippen molar-refractivity contribution >= 4 is 29.1 Å². The van der Waals surface area contributed by atoms with Gasteiger partial charge >= 0.3 is 0 Å². The molecule has 1 unspecified atom stereocenters. The highest BCUT2D eigenvalue weighted by molar-refractivity contribution is 6.42. The lowest BCUT2D eigenvalue weighted by Crippen LogP contribution is -2.42. The molecule has 0 bridgehead atoms. The SMILES string of the molecule is CC(C(=O)N[C@H](c1c(F)ccc(Cl)c1Cl)C1(C)CCCC1)n1nnnc1C(C)(C)C. The molecule has 3 rings (SSSR count). The molecule has 6 nitrogen and oxygen atoms in total. The summed E-state index contributed by atoms with van der Waals surface area (Å²) in [6.07, 6.45) is 3.73. The molecule has 1 aliphatic rings. The van der Waals surface area contributed by atoms with E-state index in [1.165, 1.54) is 16.8 Å². The van der Waals surface area contributed by atoms with E-state index in [1.54, 1.807) is 6.92 Å². The fraction of sp³-hybridized carbons (Fsp3) is 0.619. The number of aromatic nitrogens is 4. The predicted molar refractivity (Wildman–Crippen MR) is 115 cm³/mol. The topological polar surface area (TPSA) is 72.7 Å². The molecule has 1 N–H and O–H groups in total. The molecule has 1 aromatic carbocycles. The summed E-state index contributed by atoms with van der Waals surface area (Å²) in [5.41, 5.74) is -0.434. The van der Waals surface area contributed by atoms with Crippen molar-refractivity contribution in [2.45, 2.75) is 77.8 Å². The van der Waals surface area contributed by atoms with Crippen LogP contribution in [0.25, 0.3) is 0 Å². The standard InChI is InChI=1S/C21H28Cl2FN5O/c1-12(29-19(20(2,3)4)26-27-28-29)18(30)25-17(21(5)10-6-7-11-21)15-14(24)9-8-13(22)16(15)23/h8-9,12,17H,6-7,10-11H2,1-5H3,(H,25,30)/t12?,17-/m1/s1. The first kappa shape index (κ1) is 22.9. The van der Waals surface area contributed by atoms with Gasteiger partial charge in [0.25, 0.3) is 0 Å². The van der Waals surface area contributed by atoms with Crippen molar-refractivity contribution in [3.63, 3.8) is 0 Å². The van der Waals surface area contributed by atoms with E-state index in [4.69, 9.17) is 23.2 Å². The summed E-state index contributed by atoms with van der Waals surface area (Å²) >= 11 is 12.6. The number of amides is 1. The van der Waals surface area contributed by atoms with E-state index in [9.17, 15) is 9.18 Å². The Labute approximate surface area is 186 Å². The third-order valence-electron chi connectivity index (χ3n) is 6.01. The fourth-order valence-corrected chi connectivity index (χ4v) is 4.62. The van der Waals surface area contributed by atoms with Gasteiger partial charge < -0.3 is 5.32 Å². The summed E-state index contributed by atoms with van der Waals surface area (Å²) in [4.78, 5) is 13.3. The van der Waals surface area contributed by atoms with Crippen LogP contribution in [0.15, 0.2) is 12.1 Å². The van der Waals surface area contributed by atoms with Crippen molar-refractivity contribution in [3.8, 4) is 0 Å². The van der Waals surface area contributed by atoms with Crippen molar-refractivity contribution in [1.82, 2.24) is 25.5 Å². The molecule has 0 aliphatic heterocycles. The van der Waals surface area contributed by atoms with Crippen molar-refractivity contribution in [2.75, 3.05) is 0 Å². The van der Waals surface area contributed by atoms with Gasteiger partial charge in [0.05, 0.1) is 16.1 Å². The Hall–Kier alpha value is -1.73. The molecule has 9 heteroatoms. The van der Waals surface area contributed by atoms with Gasteiger partial charge in [0.1, 0.15) is 11.9 Å². The third-order valence-corrected chi connectivity index (χ3v) is 6.83. The first-order valence-corrected chi connectivity index (χ1v) is 10.9. The Morgan fingerprint density at radius 3 is 2.50 bits per heavy atom. The van der Waals surface area contributed by atoms with Crippen molar-refractivity contribution in [2.24, 2.45) is 5.41 Å². The van der Waals surface area contributed by atoms with Gasteiger partial charge in [-0.25, -0.2) is 9.07 Å². The minimum absolute atomic E-state index is 0.139. The van der Waals surface area contributed by atoms with E-state index in [0.717, 1.165) is 25.7 Å². The van der Waals surface area contributed by atoms with Crippen LogP contribution in [0.1, 0.15) is 83.8 Å². The van der Waals surface area contributed by atoms with Crippen LogP contribution >= 0.6 is 23.2 Å². The first-order chi connectivity index (χ1) is 14.0. The number of nitrogens with one attached hydrogen (secondary N) is 1. The molecule has 2 atom stereocenters. The molecular weight excluding hydrogens is 428 g/mol. The largest absolute Gasteiger partial charge is 0.347 e. The normalized spacial score (nSPS) is 18.3. The number of carbonyl (C=O) groups is 1. The first-order valence-electron chi connectivity index (χ1n) is 10.2. The monoisotopic (exact) mass is 455 g/mol. The molecule has 1 aromatic heterocycles. The molecule has 0 saturated heterocycles. The Balaban J connectivity index is 1.98. The zero-order valence-electron chi connectivity index (χ0n) is 18.0. The second-order valence-electron chi connectivity index (χ2n) is 9.43. The molecule has 30 heavy (non-hydrogen) atoms. The van der Waals surface area contributed by atoms with Crippen LogP contribution in [0.2, 0.25) is 10.0 Å². The van der Waals surface area contributed by atoms with Crippen LogP contribution in [0.5, 0.6) is 0 Å². The van der Waals surface area contributed by atoms with Gasteiger partial charge in [0.2, 0.25) is 5.91 Å². The molecule has 1 aliphatic carbocycles. The summed E-state index contributed by atoms with van der Waals surface area (Å²) < 4.78 is 16.4. The molecule has 1 fully saturated rings. The lowest BCUT2D eigenvalue weighted by molar-refractivity contribution is -0.126. The lowest BCUT2D eigenvalue weighted by Gasteiger charge is -2.36. The van der Waals surface area contributed by atoms with E-state index in [2.05, 4.69) is 27.8 Å². The minimum atomic E-state index is -0.678. The molecule has 1 amide bonds. The molecule has 0 radical (unpaired) electrons. The van der Waals surface area contributed by atoms with Crippen molar-refractivity contribution in [3.05, 3.63) is 39.4 Å². The molecule has 164 valence electrons. The van der Waals surface area contributed by atoms with Gasteiger partial charge in [-0.15, -0.1) is 5.10 Å². The number of benzene rings is 1. The maximum Gasteiger partial charge on any atom is 0.245 e. The number of halogens is 3. The Morgan fingerprint density at radius 1 is 1.27 bits per heavy atom. The van der Waals surface area contributed by atoms with Crippen LogP contribution in [0, 0.1) is 11.2 Å². The van der Waals surface area contributed by atoms with Crippen LogP contribution < -0.4 is 5.32 Å².